The van der Waals surface area contributed by atoms with E-state index in [2.05, 4.69) is 55.6 Å². The Morgan fingerprint density at radius 1 is 1.35 bits per heavy atom. The SMILES string of the molecule is CC(Nc1cccnc1N1CCCC1)c1sccc1Br. The van der Waals surface area contributed by atoms with E-state index >= 15 is 0 Å². The first-order valence-corrected chi connectivity index (χ1v) is 8.62. The van der Waals surface area contributed by atoms with Crippen molar-refractivity contribution in [3.63, 3.8) is 0 Å². The minimum atomic E-state index is 0.273. The van der Waals surface area contributed by atoms with Crippen LogP contribution in [-0.2, 0) is 0 Å². The number of thiophene rings is 1. The molecule has 0 aromatic carbocycles. The number of halogens is 1. The molecule has 3 rings (SSSR count). The van der Waals surface area contributed by atoms with E-state index in [9.17, 15) is 0 Å². The van der Waals surface area contributed by atoms with Gasteiger partial charge in [-0.2, -0.15) is 0 Å². The Hall–Kier alpha value is -1.07. The third-order valence-corrected chi connectivity index (χ3v) is 5.66. The van der Waals surface area contributed by atoms with Gasteiger partial charge in [0.05, 0.1) is 11.7 Å². The summed E-state index contributed by atoms with van der Waals surface area (Å²) >= 11 is 5.38. The van der Waals surface area contributed by atoms with Crippen molar-refractivity contribution in [1.82, 2.24) is 4.98 Å². The monoisotopic (exact) mass is 351 g/mol. The maximum Gasteiger partial charge on any atom is 0.151 e. The molecule has 2 aromatic heterocycles. The summed E-state index contributed by atoms with van der Waals surface area (Å²) in [5.41, 5.74) is 1.13. The molecule has 106 valence electrons. The Kier molecular flexibility index (Phi) is 4.27. The van der Waals surface area contributed by atoms with E-state index in [4.69, 9.17) is 0 Å². The standard InChI is InChI=1S/C15H18BrN3S/c1-11(14-12(16)6-10-20-14)18-13-5-4-7-17-15(13)19-8-2-3-9-19/h4-7,10-11,18H,2-3,8-9H2,1H3. The molecule has 0 radical (unpaired) electrons. The maximum atomic E-state index is 4.57. The summed E-state index contributed by atoms with van der Waals surface area (Å²) in [6, 6.07) is 6.49. The van der Waals surface area contributed by atoms with Gasteiger partial charge in [-0.15, -0.1) is 11.3 Å². The minimum Gasteiger partial charge on any atom is -0.375 e. The third kappa shape index (κ3) is 2.83. The highest BCUT2D eigenvalue weighted by molar-refractivity contribution is 9.10. The molecule has 3 heterocycles. The van der Waals surface area contributed by atoms with Crippen LogP contribution in [0.5, 0.6) is 0 Å². The summed E-state index contributed by atoms with van der Waals surface area (Å²) in [6.07, 6.45) is 4.41. The van der Waals surface area contributed by atoms with E-state index in [0.717, 1.165) is 24.6 Å². The van der Waals surface area contributed by atoms with Crippen LogP contribution in [0.25, 0.3) is 0 Å². The van der Waals surface area contributed by atoms with Gasteiger partial charge in [0.25, 0.3) is 0 Å². The van der Waals surface area contributed by atoms with Crippen LogP contribution in [0.4, 0.5) is 11.5 Å². The number of hydrogen-bond acceptors (Lipinski definition) is 4. The highest BCUT2D eigenvalue weighted by Crippen LogP contribution is 2.34. The molecule has 0 bridgehead atoms. The van der Waals surface area contributed by atoms with Crippen molar-refractivity contribution in [2.75, 3.05) is 23.3 Å². The molecular weight excluding hydrogens is 334 g/mol. The number of rotatable bonds is 4. The fourth-order valence-corrected chi connectivity index (χ4v) is 4.33. The molecule has 2 aromatic rings. The van der Waals surface area contributed by atoms with Crippen molar-refractivity contribution in [2.45, 2.75) is 25.8 Å². The predicted octanol–water partition coefficient (Wildman–Crippen LogP) is 4.68. The largest absolute Gasteiger partial charge is 0.375 e. The van der Waals surface area contributed by atoms with Crippen LogP contribution in [0, 0.1) is 0 Å². The first-order valence-electron chi connectivity index (χ1n) is 6.95. The van der Waals surface area contributed by atoms with Crippen molar-refractivity contribution < 1.29 is 0 Å². The zero-order valence-electron chi connectivity index (χ0n) is 11.5. The Morgan fingerprint density at radius 2 is 2.15 bits per heavy atom. The smallest absolute Gasteiger partial charge is 0.151 e. The lowest BCUT2D eigenvalue weighted by Crippen LogP contribution is -2.21. The molecule has 0 amide bonds. The molecular formula is C15H18BrN3S. The zero-order valence-corrected chi connectivity index (χ0v) is 13.9. The third-order valence-electron chi connectivity index (χ3n) is 3.60. The molecule has 0 saturated carbocycles. The van der Waals surface area contributed by atoms with Crippen LogP contribution >= 0.6 is 27.3 Å². The Bertz CT molecular complexity index is 578. The Labute approximate surface area is 132 Å². The highest BCUT2D eigenvalue weighted by Gasteiger charge is 2.18. The van der Waals surface area contributed by atoms with Crippen molar-refractivity contribution in [1.29, 1.82) is 0 Å². The summed E-state index contributed by atoms with van der Waals surface area (Å²) in [7, 11) is 0. The van der Waals surface area contributed by atoms with Crippen LogP contribution in [-0.4, -0.2) is 18.1 Å². The molecule has 0 aliphatic carbocycles. The van der Waals surface area contributed by atoms with E-state index in [1.807, 2.05) is 12.3 Å². The van der Waals surface area contributed by atoms with Crippen LogP contribution in [0.3, 0.4) is 0 Å². The Morgan fingerprint density at radius 3 is 2.85 bits per heavy atom. The predicted molar refractivity (Wildman–Crippen MR) is 89.7 cm³/mol. The lowest BCUT2D eigenvalue weighted by Gasteiger charge is -2.22. The molecule has 0 spiro atoms. The van der Waals surface area contributed by atoms with Crippen molar-refractivity contribution in [3.8, 4) is 0 Å². The zero-order chi connectivity index (χ0) is 13.9. The Balaban J connectivity index is 1.82. The number of hydrogen-bond donors (Lipinski definition) is 1. The lowest BCUT2D eigenvalue weighted by atomic mass is 10.2. The lowest BCUT2D eigenvalue weighted by molar-refractivity contribution is 0.885. The van der Waals surface area contributed by atoms with Gasteiger partial charge in [-0.25, -0.2) is 4.98 Å². The molecule has 5 heteroatoms. The number of aromatic nitrogens is 1. The van der Waals surface area contributed by atoms with Gasteiger partial charge < -0.3 is 10.2 Å². The molecule has 1 N–H and O–H groups in total. The fraction of sp³-hybridized carbons (Fsp3) is 0.400. The van der Waals surface area contributed by atoms with Gasteiger partial charge in [-0.05, 0) is 59.3 Å². The van der Waals surface area contributed by atoms with Crippen molar-refractivity contribution in [3.05, 3.63) is 39.1 Å². The molecule has 3 nitrogen and oxygen atoms in total. The average molecular weight is 352 g/mol. The molecule has 1 aliphatic heterocycles. The molecule has 1 aliphatic rings. The van der Waals surface area contributed by atoms with Gasteiger partial charge in [0.2, 0.25) is 0 Å². The first-order chi connectivity index (χ1) is 9.75. The van der Waals surface area contributed by atoms with Crippen molar-refractivity contribution >= 4 is 38.8 Å². The van der Waals surface area contributed by atoms with Crippen LogP contribution in [0.15, 0.2) is 34.2 Å². The maximum absolute atomic E-state index is 4.57. The summed E-state index contributed by atoms with van der Waals surface area (Å²) < 4.78 is 1.18. The highest BCUT2D eigenvalue weighted by atomic mass is 79.9. The second kappa shape index (κ2) is 6.14. The van der Waals surface area contributed by atoms with Crippen LogP contribution < -0.4 is 10.2 Å². The molecule has 1 saturated heterocycles. The number of anilines is 2. The van der Waals surface area contributed by atoms with Gasteiger partial charge >= 0.3 is 0 Å². The number of pyridine rings is 1. The second-order valence-electron chi connectivity index (χ2n) is 5.07. The van der Waals surface area contributed by atoms with Crippen LogP contribution in [0.2, 0.25) is 0 Å². The van der Waals surface area contributed by atoms with E-state index in [0.29, 0.717) is 0 Å². The number of nitrogens with zero attached hydrogens (tertiary/aromatic N) is 2. The summed E-state index contributed by atoms with van der Waals surface area (Å²) in [5, 5.41) is 5.72. The molecule has 1 unspecified atom stereocenters. The van der Waals surface area contributed by atoms with E-state index in [-0.39, 0.29) is 6.04 Å². The van der Waals surface area contributed by atoms with Gasteiger partial charge in [0.15, 0.2) is 5.82 Å². The van der Waals surface area contributed by atoms with Gasteiger partial charge in [0, 0.05) is 28.6 Å². The topological polar surface area (TPSA) is 28.2 Å². The summed E-state index contributed by atoms with van der Waals surface area (Å²) in [4.78, 5) is 8.27. The second-order valence-corrected chi connectivity index (χ2v) is 6.87. The molecule has 1 fully saturated rings. The van der Waals surface area contributed by atoms with E-state index in [1.165, 1.54) is 22.2 Å². The fourth-order valence-electron chi connectivity index (χ4n) is 2.60. The van der Waals surface area contributed by atoms with Gasteiger partial charge in [-0.1, -0.05) is 0 Å². The normalized spacial score (nSPS) is 16.4. The van der Waals surface area contributed by atoms with Crippen LogP contribution in [0.1, 0.15) is 30.7 Å². The summed E-state index contributed by atoms with van der Waals surface area (Å²) in [6.45, 7) is 4.42. The minimum absolute atomic E-state index is 0.273. The van der Waals surface area contributed by atoms with Gasteiger partial charge in [0.1, 0.15) is 0 Å². The van der Waals surface area contributed by atoms with E-state index < -0.39 is 0 Å². The quantitative estimate of drug-likeness (QED) is 0.866. The van der Waals surface area contributed by atoms with Crippen molar-refractivity contribution in [2.24, 2.45) is 0 Å². The molecule has 1 atom stereocenters. The molecule has 20 heavy (non-hydrogen) atoms. The average Bonchev–Trinajstić information content (AvgIpc) is 3.10. The van der Waals surface area contributed by atoms with E-state index in [1.54, 1.807) is 11.3 Å². The van der Waals surface area contributed by atoms with Gasteiger partial charge in [-0.3, -0.25) is 0 Å². The summed E-state index contributed by atoms with van der Waals surface area (Å²) in [5.74, 6) is 1.09. The number of nitrogens with one attached hydrogen (secondary N) is 1. The first kappa shape index (κ1) is 13.9.